The second-order valence-corrected chi connectivity index (χ2v) is 6.15. The third kappa shape index (κ3) is 2.13. The highest BCUT2D eigenvalue weighted by atomic mass is 32.2. The summed E-state index contributed by atoms with van der Waals surface area (Å²) in [6.45, 7) is 0. The van der Waals surface area contributed by atoms with Crippen molar-refractivity contribution in [3.63, 3.8) is 0 Å². The van der Waals surface area contributed by atoms with E-state index in [1.807, 2.05) is 0 Å². The van der Waals surface area contributed by atoms with E-state index >= 15 is 0 Å². The van der Waals surface area contributed by atoms with E-state index in [2.05, 4.69) is 5.32 Å². The molecule has 1 N–H and O–H groups in total. The molecule has 5 heteroatoms. The summed E-state index contributed by atoms with van der Waals surface area (Å²) in [6.07, 6.45) is 2.92. The van der Waals surface area contributed by atoms with Crippen LogP contribution >= 0.6 is 0 Å². The van der Waals surface area contributed by atoms with E-state index in [0.717, 1.165) is 18.9 Å². The Balaban J connectivity index is 2.03. The summed E-state index contributed by atoms with van der Waals surface area (Å²) in [5, 5.41) is 3.36. The normalized spacial score (nSPS) is 27.9. The van der Waals surface area contributed by atoms with Crippen LogP contribution in [0.1, 0.15) is 30.9 Å². The summed E-state index contributed by atoms with van der Waals surface area (Å²) >= 11 is 0. The fraction of sp³-hybridized carbons (Fsp3) is 0.500. The Bertz CT molecular complexity index is 488. The first kappa shape index (κ1) is 11.3. The zero-order valence-electron chi connectivity index (χ0n) is 9.21. The van der Waals surface area contributed by atoms with Gasteiger partial charge in [-0.05, 0) is 30.9 Å². The van der Waals surface area contributed by atoms with Crippen molar-refractivity contribution in [2.24, 2.45) is 0 Å². The lowest BCUT2D eigenvalue weighted by Gasteiger charge is -2.26. The van der Waals surface area contributed by atoms with Crippen molar-refractivity contribution in [1.82, 2.24) is 5.32 Å². The summed E-state index contributed by atoms with van der Waals surface area (Å²) in [6, 6.07) is 2.54. The van der Waals surface area contributed by atoms with Gasteiger partial charge in [-0.25, -0.2) is 8.78 Å². The van der Waals surface area contributed by atoms with Gasteiger partial charge in [0.1, 0.15) is 11.6 Å². The van der Waals surface area contributed by atoms with E-state index in [0.29, 0.717) is 23.8 Å². The van der Waals surface area contributed by atoms with Crippen LogP contribution in [0.25, 0.3) is 0 Å². The van der Waals surface area contributed by atoms with Gasteiger partial charge in [0.05, 0.1) is 15.7 Å². The molecule has 3 rings (SSSR count). The van der Waals surface area contributed by atoms with Gasteiger partial charge in [0, 0.05) is 23.9 Å². The Morgan fingerprint density at radius 3 is 2.71 bits per heavy atom. The Morgan fingerprint density at radius 1 is 1.24 bits per heavy atom. The molecular formula is C12H13F2NOS. The second-order valence-electron chi connectivity index (χ2n) is 4.64. The molecule has 92 valence electrons. The summed E-state index contributed by atoms with van der Waals surface area (Å²) in [5.41, 5.74) is 0.541. The molecule has 2 atom stereocenters. The van der Waals surface area contributed by atoms with E-state index in [1.165, 1.54) is 6.07 Å². The minimum atomic E-state index is -1.33. The van der Waals surface area contributed by atoms with Gasteiger partial charge in [0.25, 0.3) is 0 Å². The average molecular weight is 257 g/mol. The Kier molecular flexibility index (Phi) is 2.75. The molecule has 0 aromatic heterocycles. The molecule has 0 spiro atoms. The van der Waals surface area contributed by atoms with Crippen molar-refractivity contribution in [3.8, 4) is 0 Å². The van der Waals surface area contributed by atoms with Crippen LogP contribution in [0.15, 0.2) is 17.0 Å². The molecule has 1 aliphatic heterocycles. The molecule has 0 saturated heterocycles. The first-order chi connectivity index (χ1) is 8.15. The fourth-order valence-corrected chi connectivity index (χ4v) is 3.66. The molecule has 1 saturated carbocycles. The molecule has 17 heavy (non-hydrogen) atoms. The topological polar surface area (TPSA) is 29.1 Å². The quantitative estimate of drug-likeness (QED) is 0.880. The van der Waals surface area contributed by atoms with E-state index in [-0.39, 0.29) is 10.9 Å². The maximum atomic E-state index is 13.6. The lowest BCUT2D eigenvalue weighted by atomic mass is 10.0. The summed E-state index contributed by atoms with van der Waals surface area (Å²) in [4.78, 5) is 0.191. The number of rotatable bonds is 2. The summed E-state index contributed by atoms with van der Waals surface area (Å²) in [7, 11) is -1.33. The number of nitrogens with one attached hydrogen (secondary N) is 1. The van der Waals surface area contributed by atoms with Gasteiger partial charge >= 0.3 is 0 Å². The molecule has 1 fully saturated rings. The van der Waals surface area contributed by atoms with Crippen LogP contribution in [0.2, 0.25) is 0 Å². The van der Waals surface area contributed by atoms with E-state index in [4.69, 9.17) is 0 Å². The van der Waals surface area contributed by atoms with Gasteiger partial charge in [-0.1, -0.05) is 0 Å². The first-order valence-corrected chi connectivity index (χ1v) is 7.10. The van der Waals surface area contributed by atoms with Gasteiger partial charge in [0.15, 0.2) is 0 Å². The summed E-state index contributed by atoms with van der Waals surface area (Å²) in [5.74, 6) is -0.830. The number of halogens is 2. The Labute approximate surface area is 101 Å². The van der Waals surface area contributed by atoms with Gasteiger partial charge in [0.2, 0.25) is 0 Å². The lowest BCUT2D eigenvalue weighted by Crippen LogP contribution is -2.30. The van der Waals surface area contributed by atoms with Crippen LogP contribution in [0, 0.1) is 11.6 Å². The smallest absolute Gasteiger partial charge is 0.142 e. The second kappa shape index (κ2) is 4.14. The van der Waals surface area contributed by atoms with Crippen molar-refractivity contribution in [1.29, 1.82) is 0 Å². The van der Waals surface area contributed by atoms with Crippen molar-refractivity contribution < 1.29 is 13.0 Å². The third-order valence-corrected chi connectivity index (χ3v) is 4.74. The molecule has 0 bridgehead atoms. The van der Waals surface area contributed by atoms with E-state index < -0.39 is 22.4 Å². The Hall–Kier alpha value is -0.810. The fourth-order valence-electron chi connectivity index (χ4n) is 2.27. The van der Waals surface area contributed by atoms with E-state index in [9.17, 15) is 13.0 Å². The highest BCUT2D eigenvalue weighted by molar-refractivity contribution is 7.85. The standard InChI is InChI=1S/C12H13F2NOS/c13-7-5-9-11(15-8-1-2-8)3-4-17(16)12(9)10(14)6-7/h5-6,8,11,15H,1-4H2. The molecular weight excluding hydrogens is 244 g/mol. The molecule has 1 aliphatic carbocycles. The largest absolute Gasteiger partial charge is 0.307 e. The number of hydrogen-bond acceptors (Lipinski definition) is 2. The van der Waals surface area contributed by atoms with Gasteiger partial charge in [-0.3, -0.25) is 4.21 Å². The average Bonchev–Trinajstić information content (AvgIpc) is 3.05. The number of fused-ring (bicyclic) bond motifs is 1. The zero-order valence-corrected chi connectivity index (χ0v) is 10.0. The van der Waals surface area contributed by atoms with Crippen molar-refractivity contribution in [2.45, 2.75) is 36.2 Å². The van der Waals surface area contributed by atoms with Crippen molar-refractivity contribution in [3.05, 3.63) is 29.3 Å². The van der Waals surface area contributed by atoms with Crippen LogP contribution < -0.4 is 5.32 Å². The van der Waals surface area contributed by atoms with Crippen molar-refractivity contribution in [2.75, 3.05) is 5.75 Å². The third-order valence-electron chi connectivity index (χ3n) is 3.25. The molecule has 1 aromatic carbocycles. The molecule has 2 unspecified atom stereocenters. The summed E-state index contributed by atoms with van der Waals surface area (Å²) < 4.78 is 38.7. The number of benzene rings is 1. The monoisotopic (exact) mass is 257 g/mol. The molecule has 0 radical (unpaired) electrons. The predicted molar refractivity (Wildman–Crippen MR) is 61.1 cm³/mol. The van der Waals surface area contributed by atoms with E-state index in [1.54, 1.807) is 0 Å². The van der Waals surface area contributed by atoms with Crippen LogP contribution in [-0.4, -0.2) is 16.0 Å². The van der Waals surface area contributed by atoms with Gasteiger partial charge < -0.3 is 5.32 Å². The SMILES string of the molecule is O=S1CCC(NC2CC2)c2cc(F)cc(F)c21. The van der Waals surface area contributed by atoms with Crippen LogP contribution in [0.3, 0.4) is 0 Å². The maximum Gasteiger partial charge on any atom is 0.142 e. The number of hydrogen-bond donors (Lipinski definition) is 1. The van der Waals surface area contributed by atoms with Gasteiger partial charge in [-0.15, -0.1) is 0 Å². The van der Waals surface area contributed by atoms with Crippen LogP contribution in [-0.2, 0) is 10.8 Å². The maximum absolute atomic E-state index is 13.6. The predicted octanol–water partition coefficient (Wildman–Crippen LogP) is 2.27. The minimum absolute atomic E-state index is 0.0552. The molecule has 1 aromatic rings. The highest BCUT2D eigenvalue weighted by Crippen LogP contribution is 2.35. The zero-order chi connectivity index (χ0) is 12.0. The van der Waals surface area contributed by atoms with Crippen LogP contribution in [0.5, 0.6) is 0 Å². The highest BCUT2D eigenvalue weighted by Gasteiger charge is 2.32. The lowest BCUT2D eigenvalue weighted by molar-refractivity contribution is 0.478. The molecule has 0 amide bonds. The Morgan fingerprint density at radius 2 is 2.00 bits per heavy atom. The molecule has 1 heterocycles. The minimum Gasteiger partial charge on any atom is -0.307 e. The van der Waals surface area contributed by atoms with Gasteiger partial charge in [-0.2, -0.15) is 0 Å². The van der Waals surface area contributed by atoms with Crippen LogP contribution in [0.4, 0.5) is 8.78 Å². The molecule has 2 nitrogen and oxygen atoms in total. The molecule has 2 aliphatic rings. The van der Waals surface area contributed by atoms with Crippen molar-refractivity contribution >= 4 is 10.8 Å². The first-order valence-electron chi connectivity index (χ1n) is 5.78.